The van der Waals surface area contributed by atoms with Crippen LogP contribution in [0.4, 0.5) is 16.5 Å². The smallest absolute Gasteiger partial charge is 0.348 e. The number of esters is 2. The zero-order valence-electron chi connectivity index (χ0n) is 20.5. The van der Waals surface area contributed by atoms with E-state index < -0.39 is 17.5 Å². The van der Waals surface area contributed by atoms with Gasteiger partial charge in [0.15, 0.2) is 16.5 Å². The number of alkyl halides is 1. The van der Waals surface area contributed by atoms with Gasteiger partial charge in [0.1, 0.15) is 10.4 Å². The number of para-hydroxylation sites is 1. The SMILES string of the molecule is CCOC(=O)c1sc(N=Nc2c(NC(=O)CCCCl)[nH]n(-c3ccccc3)c2=O)c(C(=O)OCC)c1C. The van der Waals surface area contributed by atoms with Crippen molar-refractivity contribution in [1.82, 2.24) is 9.78 Å². The largest absolute Gasteiger partial charge is 0.462 e. The van der Waals surface area contributed by atoms with Crippen molar-refractivity contribution in [3.05, 3.63) is 56.7 Å². The molecule has 0 saturated heterocycles. The lowest BCUT2D eigenvalue weighted by atomic mass is 10.1. The van der Waals surface area contributed by atoms with Crippen LogP contribution >= 0.6 is 22.9 Å². The molecule has 13 heteroatoms. The van der Waals surface area contributed by atoms with E-state index >= 15 is 0 Å². The van der Waals surface area contributed by atoms with Gasteiger partial charge < -0.3 is 14.8 Å². The third kappa shape index (κ3) is 6.52. The standard InChI is InChI=1S/C24H26ClN5O6S/c1-4-35-23(33)17-14(3)19(24(34)36-5-2)37-21(17)28-27-18-20(26-16(31)12-9-13-25)29-30(22(18)32)15-10-7-6-8-11-15/h6-8,10-11,29H,4-5,9,12-13H2,1-3H3,(H,26,31). The van der Waals surface area contributed by atoms with E-state index in [9.17, 15) is 19.2 Å². The number of azo groups is 1. The summed E-state index contributed by atoms with van der Waals surface area (Å²) >= 11 is 6.57. The number of nitrogens with one attached hydrogen (secondary N) is 2. The average molecular weight is 548 g/mol. The second kappa shape index (κ2) is 13.0. The Morgan fingerprint density at radius 1 is 1.08 bits per heavy atom. The molecule has 0 bridgehead atoms. The molecule has 0 radical (unpaired) electrons. The number of benzene rings is 1. The van der Waals surface area contributed by atoms with E-state index in [0.717, 1.165) is 11.3 Å². The molecule has 0 aliphatic heterocycles. The van der Waals surface area contributed by atoms with Crippen LogP contribution in [0.15, 0.2) is 45.4 Å². The van der Waals surface area contributed by atoms with Crippen molar-refractivity contribution in [2.24, 2.45) is 10.2 Å². The van der Waals surface area contributed by atoms with Crippen LogP contribution in [0.2, 0.25) is 0 Å². The van der Waals surface area contributed by atoms with Crippen LogP contribution in [0, 0.1) is 6.92 Å². The van der Waals surface area contributed by atoms with Crippen LogP contribution in [-0.4, -0.2) is 46.7 Å². The number of hydrogen-bond acceptors (Lipinski definition) is 9. The Kier molecular flexibility index (Phi) is 9.75. The Labute approximate surface area is 221 Å². The van der Waals surface area contributed by atoms with Crippen LogP contribution in [0.5, 0.6) is 0 Å². The predicted octanol–water partition coefficient (Wildman–Crippen LogP) is 5.26. The number of carbonyl (C=O) groups excluding carboxylic acids is 3. The maximum absolute atomic E-state index is 13.2. The van der Waals surface area contributed by atoms with Gasteiger partial charge in [0, 0.05) is 12.3 Å². The molecule has 2 N–H and O–H groups in total. The maximum atomic E-state index is 13.2. The lowest BCUT2D eigenvalue weighted by molar-refractivity contribution is -0.116. The third-order valence-corrected chi connectivity index (χ3v) is 6.42. The first kappa shape index (κ1) is 27.8. The van der Waals surface area contributed by atoms with Crippen molar-refractivity contribution >= 4 is 57.3 Å². The lowest BCUT2D eigenvalue weighted by Gasteiger charge is -2.03. The van der Waals surface area contributed by atoms with Crippen molar-refractivity contribution < 1.29 is 23.9 Å². The number of H-pyrrole nitrogens is 1. The Morgan fingerprint density at radius 2 is 1.76 bits per heavy atom. The summed E-state index contributed by atoms with van der Waals surface area (Å²) in [5.41, 5.74) is 0.112. The van der Waals surface area contributed by atoms with Crippen LogP contribution < -0.4 is 10.9 Å². The zero-order valence-corrected chi connectivity index (χ0v) is 22.1. The number of anilines is 1. The minimum Gasteiger partial charge on any atom is -0.462 e. The topological polar surface area (TPSA) is 144 Å². The predicted molar refractivity (Wildman–Crippen MR) is 140 cm³/mol. The van der Waals surface area contributed by atoms with Gasteiger partial charge in [-0.15, -0.1) is 33.2 Å². The second-order valence-corrected chi connectivity index (χ2v) is 8.91. The summed E-state index contributed by atoms with van der Waals surface area (Å²) in [5, 5.41) is 13.8. The molecular weight excluding hydrogens is 522 g/mol. The minimum absolute atomic E-state index is 0.0220. The number of hydrogen-bond donors (Lipinski definition) is 2. The van der Waals surface area contributed by atoms with Crippen molar-refractivity contribution in [2.45, 2.75) is 33.6 Å². The summed E-state index contributed by atoms with van der Waals surface area (Å²) in [5.74, 6) is -1.35. The van der Waals surface area contributed by atoms with Gasteiger partial charge in [-0.3, -0.25) is 14.7 Å². The van der Waals surface area contributed by atoms with Gasteiger partial charge in [0.2, 0.25) is 5.91 Å². The van der Waals surface area contributed by atoms with Gasteiger partial charge in [-0.2, -0.15) is 0 Å². The zero-order chi connectivity index (χ0) is 26.9. The molecule has 1 amide bonds. The van der Waals surface area contributed by atoms with Crippen LogP contribution in [0.25, 0.3) is 5.69 Å². The fraction of sp³-hybridized carbons (Fsp3) is 0.333. The van der Waals surface area contributed by atoms with Gasteiger partial charge in [-0.1, -0.05) is 18.2 Å². The van der Waals surface area contributed by atoms with Gasteiger partial charge in [-0.05, 0) is 44.9 Å². The number of aromatic nitrogens is 2. The molecule has 11 nitrogen and oxygen atoms in total. The number of amides is 1. The number of thiophene rings is 1. The van der Waals surface area contributed by atoms with Gasteiger partial charge >= 0.3 is 17.5 Å². The lowest BCUT2D eigenvalue weighted by Crippen LogP contribution is -2.13. The summed E-state index contributed by atoms with van der Waals surface area (Å²) in [6, 6.07) is 8.69. The Balaban J connectivity index is 2.10. The molecule has 0 spiro atoms. The molecular formula is C24H26ClN5O6S. The molecule has 37 heavy (non-hydrogen) atoms. The first-order valence-corrected chi connectivity index (χ1v) is 12.8. The van der Waals surface area contributed by atoms with E-state index in [2.05, 4.69) is 20.6 Å². The number of ether oxygens (including phenoxy) is 2. The molecule has 3 rings (SSSR count). The molecule has 0 saturated carbocycles. The number of nitrogens with zero attached hydrogens (tertiary/aromatic N) is 3. The first-order chi connectivity index (χ1) is 17.8. The highest BCUT2D eigenvalue weighted by Gasteiger charge is 2.27. The third-order valence-electron chi connectivity index (χ3n) is 4.99. The molecule has 2 heterocycles. The summed E-state index contributed by atoms with van der Waals surface area (Å²) in [7, 11) is 0. The number of halogens is 1. The monoisotopic (exact) mass is 547 g/mol. The van der Waals surface area contributed by atoms with E-state index in [0.29, 0.717) is 23.6 Å². The van der Waals surface area contributed by atoms with Crippen molar-refractivity contribution in [3.63, 3.8) is 0 Å². The van der Waals surface area contributed by atoms with E-state index in [1.54, 1.807) is 51.1 Å². The fourth-order valence-electron chi connectivity index (χ4n) is 3.30. The second-order valence-electron chi connectivity index (χ2n) is 7.53. The summed E-state index contributed by atoms with van der Waals surface area (Å²) in [6.07, 6.45) is 0.584. The van der Waals surface area contributed by atoms with E-state index in [1.165, 1.54) is 4.68 Å². The minimum atomic E-state index is -0.689. The molecule has 1 aromatic carbocycles. The van der Waals surface area contributed by atoms with E-state index in [4.69, 9.17) is 21.1 Å². The Morgan fingerprint density at radius 3 is 2.41 bits per heavy atom. The van der Waals surface area contributed by atoms with Gasteiger partial charge in [-0.25, -0.2) is 14.3 Å². The normalized spacial score (nSPS) is 11.0. The molecule has 196 valence electrons. The summed E-state index contributed by atoms with van der Waals surface area (Å²) in [4.78, 5) is 50.8. The van der Waals surface area contributed by atoms with E-state index in [1.807, 2.05) is 0 Å². The fourth-order valence-corrected chi connectivity index (χ4v) is 4.44. The molecule has 2 aromatic heterocycles. The summed E-state index contributed by atoms with van der Waals surface area (Å²) in [6.45, 7) is 5.15. The number of rotatable bonds is 11. The first-order valence-electron chi connectivity index (χ1n) is 11.5. The Hall–Kier alpha value is -3.77. The van der Waals surface area contributed by atoms with Crippen molar-refractivity contribution in [3.8, 4) is 5.69 Å². The number of carbonyl (C=O) groups is 3. The van der Waals surface area contributed by atoms with Gasteiger partial charge in [0.25, 0.3) is 0 Å². The molecule has 0 aliphatic carbocycles. The molecule has 0 atom stereocenters. The van der Waals surface area contributed by atoms with E-state index in [-0.39, 0.29) is 52.5 Å². The number of aromatic amines is 1. The van der Waals surface area contributed by atoms with Crippen molar-refractivity contribution in [1.29, 1.82) is 0 Å². The summed E-state index contributed by atoms with van der Waals surface area (Å²) < 4.78 is 11.4. The Bertz CT molecular complexity index is 1360. The van der Waals surface area contributed by atoms with Crippen LogP contribution in [0.3, 0.4) is 0 Å². The molecule has 0 aliphatic rings. The molecule has 3 aromatic rings. The average Bonchev–Trinajstić information content (AvgIpc) is 3.38. The highest BCUT2D eigenvalue weighted by molar-refractivity contribution is 7.18. The highest BCUT2D eigenvalue weighted by Crippen LogP contribution is 2.37. The molecule has 0 fully saturated rings. The van der Waals surface area contributed by atoms with Gasteiger partial charge in [0.05, 0.1) is 18.9 Å². The molecule has 0 unspecified atom stereocenters. The maximum Gasteiger partial charge on any atom is 0.348 e. The van der Waals surface area contributed by atoms with Crippen LogP contribution in [-0.2, 0) is 14.3 Å². The van der Waals surface area contributed by atoms with Crippen LogP contribution in [0.1, 0.15) is 52.3 Å². The highest BCUT2D eigenvalue weighted by atomic mass is 35.5. The van der Waals surface area contributed by atoms with Crippen molar-refractivity contribution in [2.75, 3.05) is 24.4 Å². The quantitative estimate of drug-likeness (QED) is 0.190.